The van der Waals surface area contributed by atoms with E-state index in [0.717, 1.165) is 17.9 Å². The molecule has 1 rings (SSSR count). The van der Waals surface area contributed by atoms with Crippen LogP contribution >= 0.6 is 24.0 Å². The predicted octanol–water partition coefficient (Wildman–Crippen LogP) is 1.98. The van der Waals surface area contributed by atoms with E-state index in [-0.39, 0.29) is 18.4 Å². The van der Waals surface area contributed by atoms with Gasteiger partial charge in [-0.15, -0.1) is 12.4 Å². The molecule has 0 aliphatic carbocycles. The lowest BCUT2D eigenvalue weighted by Crippen LogP contribution is -2.29. The van der Waals surface area contributed by atoms with Gasteiger partial charge in [0.15, 0.2) is 0 Å². The van der Waals surface area contributed by atoms with E-state index in [1.807, 2.05) is 18.2 Å². The van der Waals surface area contributed by atoms with Crippen molar-refractivity contribution in [1.82, 2.24) is 0 Å². The number of hydrogen-bond acceptors (Lipinski definition) is 2. The summed E-state index contributed by atoms with van der Waals surface area (Å²) in [5.74, 6) is 0. The van der Waals surface area contributed by atoms with Crippen molar-refractivity contribution in [2.75, 3.05) is 6.54 Å². The maximum absolute atomic E-state index is 5.84. The Morgan fingerprint density at radius 1 is 1.36 bits per heavy atom. The molecule has 0 aliphatic heterocycles. The lowest BCUT2D eigenvalue weighted by molar-refractivity contribution is 0.623. The van der Waals surface area contributed by atoms with Crippen LogP contribution in [0.25, 0.3) is 0 Å². The molecule has 80 valence electrons. The second-order valence-electron chi connectivity index (χ2n) is 3.16. The summed E-state index contributed by atoms with van der Waals surface area (Å²) in [6.45, 7) is 0.542. The molecule has 14 heavy (non-hydrogen) atoms. The Morgan fingerprint density at radius 2 is 2.07 bits per heavy atom. The first-order valence-corrected chi connectivity index (χ1v) is 4.80. The largest absolute Gasteiger partial charge is 0.329 e. The fourth-order valence-corrected chi connectivity index (χ4v) is 1.38. The average molecular weight is 235 g/mol. The van der Waals surface area contributed by atoms with Crippen LogP contribution in [0.2, 0.25) is 5.02 Å². The lowest BCUT2D eigenvalue weighted by Gasteiger charge is -2.07. The standard InChI is InChI=1S/C10H15ClN2.ClH/c11-9-3-1-2-8(6-9)4-5-10(13)7-12;/h1-3,6,10H,4-5,7,12-13H2;1H. The van der Waals surface area contributed by atoms with Crippen LogP contribution in [0.15, 0.2) is 24.3 Å². The Morgan fingerprint density at radius 3 is 2.64 bits per heavy atom. The molecular weight excluding hydrogens is 219 g/mol. The lowest BCUT2D eigenvalue weighted by atomic mass is 10.1. The van der Waals surface area contributed by atoms with Crippen LogP contribution in [0.3, 0.4) is 0 Å². The monoisotopic (exact) mass is 234 g/mol. The van der Waals surface area contributed by atoms with Gasteiger partial charge in [0.2, 0.25) is 0 Å². The third-order valence-corrected chi connectivity index (χ3v) is 2.23. The number of halogens is 2. The van der Waals surface area contributed by atoms with E-state index in [9.17, 15) is 0 Å². The van der Waals surface area contributed by atoms with Gasteiger partial charge in [0.1, 0.15) is 0 Å². The fraction of sp³-hybridized carbons (Fsp3) is 0.400. The van der Waals surface area contributed by atoms with Crippen LogP contribution in [0.1, 0.15) is 12.0 Å². The quantitative estimate of drug-likeness (QED) is 0.838. The van der Waals surface area contributed by atoms with Crippen LogP contribution < -0.4 is 11.5 Å². The molecule has 0 aliphatic rings. The van der Waals surface area contributed by atoms with E-state index < -0.39 is 0 Å². The van der Waals surface area contributed by atoms with E-state index >= 15 is 0 Å². The Labute approximate surface area is 96.0 Å². The van der Waals surface area contributed by atoms with E-state index in [1.165, 1.54) is 5.56 Å². The molecule has 4 heteroatoms. The van der Waals surface area contributed by atoms with E-state index in [2.05, 4.69) is 6.07 Å². The zero-order valence-corrected chi connectivity index (χ0v) is 9.52. The van der Waals surface area contributed by atoms with Crippen LogP contribution in [-0.4, -0.2) is 12.6 Å². The molecule has 0 fully saturated rings. The van der Waals surface area contributed by atoms with E-state index in [1.54, 1.807) is 0 Å². The minimum absolute atomic E-state index is 0. The van der Waals surface area contributed by atoms with Crippen molar-refractivity contribution in [2.24, 2.45) is 11.5 Å². The van der Waals surface area contributed by atoms with Gasteiger partial charge >= 0.3 is 0 Å². The third-order valence-electron chi connectivity index (χ3n) is 2.00. The summed E-state index contributed by atoms with van der Waals surface area (Å²) in [7, 11) is 0. The van der Waals surface area contributed by atoms with Gasteiger partial charge in [0, 0.05) is 17.6 Å². The first-order valence-electron chi connectivity index (χ1n) is 4.42. The first kappa shape index (κ1) is 13.7. The summed E-state index contributed by atoms with van der Waals surface area (Å²) in [5, 5.41) is 0.777. The van der Waals surface area contributed by atoms with Gasteiger partial charge in [-0.1, -0.05) is 23.7 Å². The van der Waals surface area contributed by atoms with Crippen LogP contribution in [0.5, 0.6) is 0 Å². The van der Waals surface area contributed by atoms with Crippen molar-refractivity contribution in [2.45, 2.75) is 18.9 Å². The number of aryl methyl sites for hydroxylation is 1. The molecule has 1 atom stereocenters. The Hall–Kier alpha value is -0.280. The molecule has 1 unspecified atom stereocenters. The maximum atomic E-state index is 5.84. The van der Waals surface area contributed by atoms with Crippen LogP contribution in [-0.2, 0) is 6.42 Å². The molecular formula is C10H16Cl2N2. The summed E-state index contributed by atoms with van der Waals surface area (Å²) in [5.41, 5.74) is 12.3. The highest BCUT2D eigenvalue weighted by molar-refractivity contribution is 6.30. The summed E-state index contributed by atoms with van der Waals surface area (Å²) < 4.78 is 0. The molecule has 0 bridgehead atoms. The molecule has 0 aromatic heterocycles. The van der Waals surface area contributed by atoms with Gasteiger partial charge in [-0.2, -0.15) is 0 Å². The molecule has 0 heterocycles. The highest BCUT2D eigenvalue weighted by atomic mass is 35.5. The number of benzene rings is 1. The molecule has 0 radical (unpaired) electrons. The molecule has 4 N–H and O–H groups in total. The summed E-state index contributed by atoms with van der Waals surface area (Å²) in [4.78, 5) is 0. The third kappa shape index (κ3) is 4.82. The van der Waals surface area contributed by atoms with Crippen LogP contribution in [0.4, 0.5) is 0 Å². The highest BCUT2D eigenvalue weighted by Crippen LogP contribution is 2.12. The van der Waals surface area contributed by atoms with E-state index in [0.29, 0.717) is 6.54 Å². The van der Waals surface area contributed by atoms with Gasteiger partial charge < -0.3 is 11.5 Å². The second kappa shape index (κ2) is 7.07. The number of nitrogens with two attached hydrogens (primary N) is 2. The average Bonchev–Trinajstić information content (AvgIpc) is 2.14. The molecule has 0 spiro atoms. The molecule has 0 amide bonds. The Balaban J connectivity index is 0.00000169. The van der Waals surface area contributed by atoms with Crippen molar-refractivity contribution in [3.8, 4) is 0 Å². The summed E-state index contributed by atoms with van der Waals surface area (Å²) in [6, 6.07) is 7.93. The zero-order valence-electron chi connectivity index (χ0n) is 7.95. The van der Waals surface area contributed by atoms with Crippen molar-refractivity contribution >= 4 is 24.0 Å². The van der Waals surface area contributed by atoms with Gasteiger partial charge in [0.25, 0.3) is 0 Å². The molecule has 0 saturated carbocycles. The fourth-order valence-electron chi connectivity index (χ4n) is 1.16. The second-order valence-corrected chi connectivity index (χ2v) is 3.60. The normalized spacial score (nSPS) is 11.9. The van der Waals surface area contributed by atoms with Crippen molar-refractivity contribution in [3.05, 3.63) is 34.9 Å². The number of hydrogen-bond donors (Lipinski definition) is 2. The first-order chi connectivity index (χ1) is 6.22. The SMILES string of the molecule is Cl.NCC(N)CCc1cccc(Cl)c1. The van der Waals surface area contributed by atoms with Crippen LogP contribution in [0, 0.1) is 0 Å². The van der Waals surface area contributed by atoms with Gasteiger partial charge in [0.05, 0.1) is 0 Å². The van der Waals surface area contributed by atoms with Crippen molar-refractivity contribution in [3.63, 3.8) is 0 Å². The van der Waals surface area contributed by atoms with Gasteiger partial charge in [-0.25, -0.2) is 0 Å². The van der Waals surface area contributed by atoms with Gasteiger partial charge in [-0.05, 0) is 30.5 Å². The van der Waals surface area contributed by atoms with E-state index in [4.69, 9.17) is 23.1 Å². The number of rotatable bonds is 4. The predicted molar refractivity (Wildman–Crippen MR) is 64.1 cm³/mol. The van der Waals surface area contributed by atoms with Gasteiger partial charge in [-0.3, -0.25) is 0 Å². The minimum atomic E-state index is 0. The zero-order chi connectivity index (χ0) is 9.68. The Kier molecular flexibility index (Phi) is 6.93. The molecule has 2 nitrogen and oxygen atoms in total. The summed E-state index contributed by atoms with van der Waals surface area (Å²) >= 11 is 5.84. The maximum Gasteiger partial charge on any atom is 0.0408 e. The molecule has 1 aromatic rings. The smallest absolute Gasteiger partial charge is 0.0408 e. The molecule has 0 saturated heterocycles. The molecule has 1 aromatic carbocycles. The minimum Gasteiger partial charge on any atom is -0.329 e. The summed E-state index contributed by atoms with van der Waals surface area (Å²) in [6.07, 6.45) is 1.86. The van der Waals surface area contributed by atoms with Crippen molar-refractivity contribution < 1.29 is 0 Å². The van der Waals surface area contributed by atoms with Crippen molar-refractivity contribution in [1.29, 1.82) is 0 Å². The topological polar surface area (TPSA) is 52.0 Å². The highest BCUT2D eigenvalue weighted by Gasteiger charge is 2.00. The Bertz CT molecular complexity index is 266.